The quantitative estimate of drug-likeness (QED) is 0.599. The summed E-state index contributed by atoms with van der Waals surface area (Å²) in [6.07, 6.45) is 12.7. The average molecular weight is 223 g/mol. The van der Waals surface area contributed by atoms with E-state index < -0.39 is 0 Å². The molecule has 0 spiro atoms. The van der Waals surface area contributed by atoms with Crippen LogP contribution in [0.25, 0.3) is 0 Å². The van der Waals surface area contributed by atoms with E-state index in [4.69, 9.17) is 0 Å². The Morgan fingerprint density at radius 2 is 1.94 bits per heavy atom. The summed E-state index contributed by atoms with van der Waals surface area (Å²) in [6.45, 7) is 4.59. The van der Waals surface area contributed by atoms with E-state index in [1.807, 2.05) is 6.20 Å². The van der Waals surface area contributed by atoms with Crippen molar-refractivity contribution in [1.82, 2.24) is 15.3 Å². The van der Waals surface area contributed by atoms with Crippen LogP contribution in [-0.4, -0.2) is 23.1 Å². The molecule has 0 unspecified atom stereocenters. The maximum atomic E-state index is 4.01. The molecular weight excluding hydrogens is 198 g/mol. The Kier molecular flexibility index (Phi) is 7.78. The molecule has 0 fully saturated rings. The van der Waals surface area contributed by atoms with Crippen LogP contribution < -0.4 is 5.32 Å². The molecule has 2 N–H and O–H groups in total. The second-order valence-corrected chi connectivity index (χ2v) is 4.34. The molecule has 1 aromatic rings. The molecule has 3 nitrogen and oxygen atoms in total. The third-order valence-electron chi connectivity index (χ3n) is 2.81. The van der Waals surface area contributed by atoms with Crippen molar-refractivity contribution < 1.29 is 0 Å². The van der Waals surface area contributed by atoms with Gasteiger partial charge in [0.05, 0.1) is 6.33 Å². The van der Waals surface area contributed by atoms with Gasteiger partial charge in [-0.1, -0.05) is 26.2 Å². The van der Waals surface area contributed by atoms with Crippen molar-refractivity contribution >= 4 is 0 Å². The summed E-state index contributed by atoms with van der Waals surface area (Å²) >= 11 is 0. The van der Waals surface area contributed by atoms with Crippen molar-refractivity contribution in [3.8, 4) is 0 Å². The van der Waals surface area contributed by atoms with Gasteiger partial charge in [0.15, 0.2) is 0 Å². The second-order valence-electron chi connectivity index (χ2n) is 4.34. The van der Waals surface area contributed by atoms with Crippen LogP contribution in [0.2, 0.25) is 0 Å². The van der Waals surface area contributed by atoms with Gasteiger partial charge >= 0.3 is 0 Å². The van der Waals surface area contributed by atoms with E-state index in [0.717, 1.165) is 13.0 Å². The molecule has 1 heterocycles. The van der Waals surface area contributed by atoms with Gasteiger partial charge in [0.2, 0.25) is 0 Å². The van der Waals surface area contributed by atoms with E-state index in [2.05, 4.69) is 22.2 Å². The van der Waals surface area contributed by atoms with Gasteiger partial charge in [-0.2, -0.15) is 0 Å². The molecule has 0 radical (unpaired) electrons. The molecule has 16 heavy (non-hydrogen) atoms. The minimum atomic E-state index is 1.12. The van der Waals surface area contributed by atoms with Crippen LogP contribution in [0, 0.1) is 0 Å². The van der Waals surface area contributed by atoms with Crippen LogP contribution >= 0.6 is 0 Å². The Labute approximate surface area is 99.1 Å². The first-order valence-corrected chi connectivity index (χ1v) is 6.61. The number of aromatic amines is 1. The lowest BCUT2D eigenvalue weighted by atomic mass is 10.2. The lowest BCUT2D eigenvalue weighted by Crippen LogP contribution is -2.16. The molecule has 1 aromatic heterocycles. The van der Waals surface area contributed by atoms with E-state index in [9.17, 15) is 0 Å². The summed E-state index contributed by atoms with van der Waals surface area (Å²) < 4.78 is 0. The Hall–Kier alpha value is -0.830. The fourth-order valence-electron chi connectivity index (χ4n) is 1.79. The molecule has 0 aliphatic carbocycles. The van der Waals surface area contributed by atoms with Gasteiger partial charge in [-0.25, -0.2) is 4.98 Å². The highest BCUT2D eigenvalue weighted by atomic mass is 14.9. The molecule has 1 rings (SSSR count). The molecule has 0 amide bonds. The highest BCUT2D eigenvalue weighted by molar-refractivity contribution is 4.93. The zero-order valence-electron chi connectivity index (χ0n) is 10.5. The summed E-state index contributed by atoms with van der Waals surface area (Å²) in [4.78, 5) is 7.14. The van der Waals surface area contributed by atoms with Gasteiger partial charge in [-0.15, -0.1) is 0 Å². The lowest BCUT2D eigenvalue weighted by molar-refractivity contribution is 0.574. The summed E-state index contributed by atoms with van der Waals surface area (Å²) in [5, 5.41) is 3.50. The third kappa shape index (κ3) is 6.62. The summed E-state index contributed by atoms with van der Waals surface area (Å²) in [6, 6.07) is 0. The van der Waals surface area contributed by atoms with Crippen LogP contribution in [0.3, 0.4) is 0 Å². The number of rotatable bonds is 10. The zero-order chi connectivity index (χ0) is 11.5. The normalized spacial score (nSPS) is 10.8. The predicted octanol–water partition coefficient (Wildman–Crippen LogP) is 2.90. The van der Waals surface area contributed by atoms with Crippen molar-refractivity contribution in [3.63, 3.8) is 0 Å². The van der Waals surface area contributed by atoms with Crippen molar-refractivity contribution in [3.05, 3.63) is 18.2 Å². The van der Waals surface area contributed by atoms with Crippen LogP contribution in [-0.2, 0) is 6.42 Å². The second kappa shape index (κ2) is 9.40. The van der Waals surface area contributed by atoms with Gasteiger partial charge in [0, 0.05) is 11.9 Å². The predicted molar refractivity (Wildman–Crippen MR) is 68.5 cm³/mol. The Bertz CT molecular complexity index is 231. The fraction of sp³-hybridized carbons (Fsp3) is 0.769. The number of hydrogen-bond donors (Lipinski definition) is 2. The molecule has 0 aliphatic heterocycles. The number of aromatic nitrogens is 2. The van der Waals surface area contributed by atoms with E-state index in [0.29, 0.717) is 0 Å². The standard InChI is InChI=1S/C13H25N3/c1-2-3-4-6-9-14-10-7-5-8-13-11-15-12-16-13/h11-12,14H,2-10H2,1H3,(H,15,16). The molecule has 0 aromatic carbocycles. The number of nitrogens with zero attached hydrogens (tertiary/aromatic N) is 1. The van der Waals surface area contributed by atoms with Crippen LogP contribution in [0.5, 0.6) is 0 Å². The van der Waals surface area contributed by atoms with Crippen LogP contribution in [0.15, 0.2) is 12.5 Å². The fourth-order valence-corrected chi connectivity index (χ4v) is 1.79. The van der Waals surface area contributed by atoms with E-state index in [1.165, 1.54) is 50.8 Å². The molecule has 0 atom stereocenters. The van der Waals surface area contributed by atoms with Gasteiger partial charge in [-0.3, -0.25) is 0 Å². The van der Waals surface area contributed by atoms with Gasteiger partial charge in [-0.05, 0) is 38.8 Å². The van der Waals surface area contributed by atoms with Crippen molar-refractivity contribution in [2.24, 2.45) is 0 Å². The van der Waals surface area contributed by atoms with Gasteiger partial charge in [0.25, 0.3) is 0 Å². The van der Waals surface area contributed by atoms with Crippen molar-refractivity contribution in [2.45, 2.75) is 51.9 Å². The zero-order valence-corrected chi connectivity index (χ0v) is 10.5. The summed E-state index contributed by atoms with van der Waals surface area (Å²) in [5.41, 5.74) is 1.25. The molecule has 0 bridgehead atoms. The van der Waals surface area contributed by atoms with E-state index in [1.54, 1.807) is 6.33 Å². The first-order valence-electron chi connectivity index (χ1n) is 6.61. The molecule has 92 valence electrons. The van der Waals surface area contributed by atoms with Crippen molar-refractivity contribution in [1.29, 1.82) is 0 Å². The first kappa shape index (κ1) is 13.2. The summed E-state index contributed by atoms with van der Waals surface area (Å²) in [5.74, 6) is 0. The molecule has 3 heteroatoms. The minimum absolute atomic E-state index is 1.12. The Morgan fingerprint density at radius 1 is 1.12 bits per heavy atom. The number of unbranched alkanes of at least 4 members (excludes halogenated alkanes) is 4. The largest absolute Gasteiger partial charge is 0.348 e. The van der Waals surface area contributed by atoms with Gasteiger partial charge < -0.3 is 10.3 Å². The smallest absolute Gasteiger partial charge is 0.0921 e. The topological polar surface area (TPSA) is 40.7 Å². The van der Waals surface area contributed by atoms with Gasteiger partial charge in [0.1, 0.15) is 0 Å². The molecule has 0 saturated carbocycles. The number of imidazole rings is 1. The highest BCUT2D eigenvalue weighted by Crippen LogP contribution is 2.00. The SMILES string of the molecule is CCCCCCNCCCCc1cnc[nH]1. The van der Waals surface area contributed by atoms with Crippen LogP contribution in [0.4, 0.5) is 0 Å². The van der Waals surface area contributed by atoms with Crippen LogP contribution in [0.1, 0.15) is 51.1 Å². The number of H-pyrrole nitrogens is 1. The highest BCUT2D eigenvalue weighted by Gasteiger charge is 1.94. The maximum absolute atomic E-state index is 4.01. The Morgan fingerprint density at radius 3 is 2.62 bits per heavy atom. The monoisotopic (exact) mass is 223 g/mol. The molecular formula is C13H25N3. The summed E-state index contributed by atoms with van der Waals surface area (Å²) in [7, 11) is 0. The first-order chi connectivity index (χ1) is 7.93. The van der Waals surface area contributed by atoms with Crippen molar-refractivity contribution in [2.75, 3.05) is 13.1 Å². The third-order valence-corrected chi connectivity index (χ3v) is 2.81. The minimum Gasteiger partial charge on any atom is -0.348 e. The number of hydrogen-bond acceptors (Lipinski definition) is 2. The van der Waals surface area contributed by atoms with E-state index >= 15 is 0 Å². The Balaban J connectivity index is 1.78. The number of aryl methyl sites for hydroxylation is 1. The lowest BCUT2D eigenvalue weighted by Gasteiger charge is -2.03. The molecule has 0 saturated heterocycles. The maximum Gasteiger partial charge on any atom is 0.0921 e. The average Bonchev–Trinajstić information content (AvgIpc) is 2.80. The number of nitrogens with one attached hydrogen (secondary N) is 2. The molecule has 0 aliphatic rings. The van der Waals surface area contributed by atoms with E-state index in [-0.39, 0.29) is 0 Å².